The Morgan fingerprint density at radius 2 is 1.64 bits per heavy atom. The van der Waals surface area contributed by atoms with Crippen molar-refractivity contribution in [1.29, 1.82) is 0 Å². The van der Waals surface area contributed by atoms with Crippen LogP contribution in [0, 0.1) is 5.82 Å². The standard InChI is InChI=1S/C20H14FN3O/c21-16-7-9-17(10-8-16)22-20(25)18-13-24-12-15(6-11-19(24)23-18)14-4-2-1-3-5-14/h1-13H,(H,22,25). The summed E-state index contributed by atoms with van der Waals surface area (Å²) in [4.78, 5) is 16.7. The number of benzene rings is 2. The number of pyridine rings is 1. The van der Waals surface area contributed by atoms with Crippen molar-refractivity contribution in [1.82, 2.24) is 9.38 Å². The van der Waals surface area contributed by atoms with E-state index in [9.17, 15) is 9.18 Å². The van der Waals surface area contributed by atoms with Crippen LogP contribution in [-0.4, -0.2) is 15.3 Å². The van der Waals surface area contributed by atoms with Crippen LogP contribution in [0.4, 0.5) is 10.1 Å². The second-order valence-corrected chi connectivity index (χ2v) is 5.64. The van der Waals surface area contributed by atoms with Crippen molar-refractivity contribution >= 4 is 17.2 Å². The van der Waals surface area contributed by atoms with Crippen molar-refractivity contribution in [2.45, 2.75) is 0 Å². The van der Waals surface area contributed by atoms with E-state index in [1.807, 2.05) is 53.1 Å². The fourth-order valence-electron chi connectivity index (χ4n) is 2.63. The number of aromatic nitrogens is 2. The third kappa shape index (κ3) is 3.12. The van der Waals surface area contributed by atoms with Gasteiger partial charge in [-0.25, -0.2) is 9.37 Å². The van der Waals surface area contributed by atoms with Gasteiger partial charge < -0.3 is 9.72 Å². The van der Waals surface area contributed by atoms with E-state index in [2.05, 4.69) is 10.3 Å². The third-order valence-electron chi connectivity index (χ3n) is 3.89. The highest BCUT2D eigenvalue weighted by molar-refractivity contribution is 6.03. The quantitative estimate of drug-likeness (QED) is 0.605. The molecule has 2 aromatic heterocycles. The van der Waals surface area contributed by atoms with E-state index in [4.69, 9.17) is 0 Å². The Morgan fingerprint density at radius 1 is 0.880 bits per heavy atom. The predicted octanol–water partition coefficient (Wildman–Crippen LogP) is 4.39. The molecule has 25 heavy (non-hydrogen) atoms. The van der Waals surface area contributed by atoms with Crippen molar-refractivity contribution in [2.75, 3.05) is 5.32 Å². The van der Waals surface area contributed by atoms with Crippen LogP contribution in [0.3, 0.4) is 0 Å². The van der Waals surface area contributed by atoms with Crippen LogP contribution in [0.15, 0.2) is 79.1 Å². The van der Waals surface area contributed by atoms with Gasteiger partial charge in [0.1, 0.15) is 17.2 Å². The van der Waals surface area contributed by atoms with Crippen LogP contribution in [0.5, 0.6) is 0 Å². The van der Waals surface area contributed by atoms with Gasteiger partial charge in [0.25, 0.3) is 5.91 Å². The number of nitrogens with zero attached hydrogens (tertiary/aromatic N) is 2. The average Bonchev–Trinajstić information content (AvgIpc) is 3.08. The molecule has 0 aliphatic heterocycles. The fourth-order valence-corrected chi connectivity index (χ4v) is 2.63. The van der Waals surface area contributed by atoms with E-state index >= 15 is 0 Å². The molecular formula is C20H14FN3O. The molecule has 2 heterocycles. The van der Waals surface area contributed by atoms with Gasteiger partial charge >= 0.3 is 0 Å². The molecule has 5 heteroatoms. The molecule has 122 valence electrons. The highest BCUT2D eigenvalue weighted by Crippen LogP contribution is 2.20. The zero-order valence-electron chi connectivity index (χ0n) is 13.2. The Hall–Kier alpha value is -3.47. The molecule has 4 rings (SSSR count). The number of amides is 1. The number of carbonyl (C=O) groups is 1. The largest absolute Gasteiger partial charge is 0.321 e. The van der Waals surface area contributed by atoms with Gasteiger partial charge in [-0.2, -0.15) is 0 Å². The average molecular weight is 331 g/mol. The molecule has 0 saturated carbocycles. The topological polar surface area (TPSA) is 46.4 Å². The smallest absolute Gasteiger partial charge is 0.275 e. The minimum atomic E-state index is -0.348. The normalized spacial score (nSPS) is 10.8. The van der Waals surface area contributed by atoms with Gasteiger partial charge in [-0.15, -0.1) is 0 Å². The van der Waals surface area contributed by atoms with E-state index in [0.717, 1.165) is 11.1 Å². The monoisotopic (exact) mass is 331 g/mol. The van der Waals surface area contributed by atoms with Crippen LogP contribution >= 0.6 is 0 Å². The Kier molecular flexibility index (Phi) is 3.74. The number of imidazole rings is 1. The van der Waals surface area contributed by atoms with Crippen LogP contribution < -0.4 is 5.32 Å². The lowest BCUT2D eigenvalue weighted by atomic mass is 10.1. The summed E-state index contributed by atoms with van der Waals surface area (Å²) in [5.41, 5.74) is 3.64. The minimum Gasteiger partial charge on any atom is -0.321 e. The maximum Gasteiger partial charge on any atom is 0.275 e. The summed E-state index contributed by atoms with van der Waals surface area (Å²) >= 11 is 0. The molecule has 0 radical (unpaired) electrons. The molecule has 4 nitrogen and oxygen atoms in total. The summed E-state index contributed by atoms with van der Waals surface area (Å²) in [5.74, 6) is -0.685. The summed E-state index contributed by atoms with van der Waals surface area (Å²) in [6.45, 7) is 0. The van der Waals surface area contributed by atoms with Crippen molar-refractivity contribution < 1.29 is 9.18 Å². The van der Waals surface area contributed by atoms with Gasteiger partial charge in [0, 0.05) is 18.1 Å². The lowest BCUT2D eigenvalue weighted by Gasteiger charge is -2.02. The molecule has 0 saturated heterocycles. The van der Waals surface area contributed by atoms with Gasteiger partial charge in [0.05, 0.1) is 0 Å². The van der Waals surface area contributed by atoms with Crippen molar-refractivity contribution in [2.24, 2.45) is 0 Å². The zero-order chi connectivity index (χ0) is 17.2. The molecule has 1 N–H and O–H groups in total. The molecule has 0 unspecified atom stereocenters. The minimum absolute atomic E-state index is 0.300. The van der Waals surface area contributed by atoms with Crippen LogP contribution in [0.1, 0.15) is 10.5 Å². The van der Waals surface area contributed by atoms with Gasteiger partial charge in [0.2, 0.25) is 0 Å². The predicted molar refractivity (Wildman–Crippen MR) is 95.0 cm³/mol. The van der Waals surface area contributed by atoms with Crippen LogP contribution in [-0.2, 0) is 0 Å². The fraction of sp³-hybridized carbons (Fsp3) is 0. The molecule has 0 fully saturated rings. The van der Waals surface area contributed by atoms with E-state index in [1.54, 1.807) is 6.20 Å². The van der Waals surface area contributed by atoms with E-state index < -0.39 is 0 Å². The number of carbonyl (C=O) groups excluding carboxylic acids is 1. The maximum atomic E-state index is 12.9. The van der Waals surface area contributed by atoms with Crippen LogP contribution in [0.2, 0.25) is 0 Å². The molecule has 0 aliphatic carbocycles. The summed E-state index contributed by atoms with van der Waals surface area (Å²) < 4.78 is 14.8. The summed E-state index contributed by atoms with van der Waals surface area (Å²) in [7, 11) is 0. The number of nitrogens with one attached hydrogen (secondary N) is 1. The maximum absolute atomic E-state index is 12.9. The first-order chi connectivity index (χ1) is 12.2. The number of rotatable bonds is 3. The van der Waals surface area contributed by atoms with E-state index in [0.29, 0.717) is 17.0 Å². The first kappa shape index (κ1) is 15.1. The Balaban J connectivity index is 1.62. The van der Waals surface area contributed by atoms with Gasteiger partial charge in [-0.3, -0.25) is 4.79 Å². The zero-order valence-corrected chi connectivity index (χ0v) is 13.2. The third-order valence-corrected chi connectivity index (χ3v) is 3.89. The van der Waals surface area contributed by atoms with Gasteiger partial charge in [-0.05, 0) is 47.5 Å². The second-order valence-electron chi connectivity index (χ2n) is 5.64. The SMILES string of the molecule is O=C(Nc1ccc(F)cc1)c1cn2cc(-c3ccccc3)ccc2n1. The van der Waals surface area contributed by atoms with Crippen molar-refractivity contribution in [3.8, 4) is 11.1 Å². The van der Waals surface area contributed by atoms with Crippen LogP contribution in [0.25, 0.3) is 16.8 Å². The van der Waals surface area contributed by atoms with Gasteiger partial charge in [0.15, 0.2) is 0 Å². The lowest BCUT2D eigenvalue weighted by molar-refractivity contribution is 0.102. The molecule has 0 bridgehead atoms. The molecule has 0 aliphatic rings. The first-order valence-corrected chi connectivity index (χ1v) is 7.80. The van der Waals surface area contributed by atoms with Crippen molar-refractivity contribution in [3.63, 3.8) is 0 Å². The van der Waals surface area contributed by atoms with Gasteiger partial charge in [-0.1, -0.05) is 30.3 Å². The Bertz CT molecular complexity index is 1040. The highest BCUT2D eigenvalue weighted by atomic mass is 19.1. The Labute approximate surface area is 143 Å². The number of hydrogen-bond acceptors (Lipinski definition) is 2. The molecule has 0 spiro atoms. The van der Waals surface area contributed by atoms with Crippen molar-refractivity contribution in [3.05, 3.63) is 90.6 Å². The number of halogens is 1. The van der Waals surface area contributed by atoms with E-state index in [-0.39, 0.29) is 11.7 Å². The number of anilines is 1. The summed E-state index contributed by atoms with van der Waals surface area (Å²) in [6.07, 6.45) is 3.62. The second kappa shape index (κ2) is 6.20. The summed E-state index contributed by atoms with van der Waals surface area (Å²) in [5, 5.41) is 2.71. The number of hydrogen-bond donors (Lipinski definition) is 1. The lowest BCUT2D eigenvalue weighted by Crippen LogP contribution is -2.12. The number of fused-ring (bicyclic) bond motifs is 1. The molecule has 2 aromatic carbocycles. The molecule has 4 aromatic rings. The first-order valence-electron chi connectivity index (χ1n) is 7.80. The highest BCUT2D eigenvalue weighted by Gasteiger charge is 2.11. The molecular weight excluding hydrogens is 317 g/mol. The molecule has 1 amide bonds. The molecule has 0 atom stereocenters. The Morgan fingerprint density at radius 3 is 2.40 bits per heavy atom. The summed E-state index contributed by atoms with van der Waals surface area (Å²) in [6, 6.07) is 19.4. The van der Waals surface area contributed by atoms with E-state index in [1.165, 1.54) is 24.3 Å².